The molecule has 2 aromatic rings. The summed E-state index contributed by atoms with van der Waals surface area (Å²) in [6, 6.07) is 5.64. The molecule has 0 aliphatic heterocycles. The molecule has 0 amide bonds. The van der Waals surface area contributed by atoms with Crippen molar-refractivity contribution in [2.24, 2.45) is 0 Å². The van der Waals surface area contributed by atoms with Crippen molar-refractivity contribution >= 4 is 27.3 Å². The molecule has 1 unspecified atom stereocenters. The van der Waals surface area contributed by atoms with Gasteiger partial charge in [0, 0.05) is 19.8 Å². The van der Waals surface area contributed by atoms with Crippen molar-refractivity contribution in [2.45, 2.75) is 20.0 Å². The van der Waals surface area contributed by atoms with Crippen LogP contribution in [-0.2, 0) is 0 Å². The van der Waals surface area contributed by atoms with E-state index in [1.807, 2.05) is 19.1 Å². The summed E-state index contributed by atoms with van der Waals surface area (Å²) < 4.78 is 11.3. The first-order valence-electron chi connectivity index (χ1n) is 6.14. The lowest BCUT2D eigenvalue weighted by atomic mass is 10.1. The Bertz CT molecular complexity index is 602. The third kappa shape index (κ3) is 2.85. The first-order chi connectivity index (χ1) is 9.47. The molecule has 1 atom stereocenters. The molecule has 20 heavy (non-hydrogen) atoms. The van der Waals surface area contributed by atoms with Crippen LogP contribution >= 0.6 is 27.3 Å². The predicted octanol–water partition coefficient (Wildman–Crippen LogP) is 4.23. The van der Waals surface area contributed by atoms with Gasteiger partial charge < -0.3 is 14.6 Å². The van der Waals surface area contributed by atoms with E-state index in [1.165, 1.54) is 10.4 Å². The Morgan fingerprint density at radius 1 is 1.10 bits per heavy atom. The van der Waals surface area contributed by atoms with Gasteiger partial charge in [-0.3, -0.25) is 0 Å². The van der Waals surface area contributed by atoms with Gasteiger partial charge in [0.2, 0.25) is 0 Å². The summed E-state index contributed by atoms with van der Waals surface area (Å²) >= 11 is 5.09. The van der Waals surface area contributed by atoms with Crippen LogP contribution in [0.4, 0.5) is 0 Å². The van der Waals surface area contributed by atoms with E-state index in [2.05, 4.69) is 22.9 Å². The molecular weight excluding hydrogens is 340 g/mol. The maximum Gasteiger partial charge on any atom is 0.161 e. The van der Waals surface area contributed by atoms with Crippen LogP contribution in [0, 0.1) is 13.8 Å². The van der Waals surface area contributed by atoms with E-state index in [0.717, 1.165) is 14.9 Å². The monoisotopic (exact) mass is 356 g/mol. The van der Waals surface area contributed by atoms with Crippen LogP contribution in [0.5, 0.6) is 11.5 Å². The Labute approximate surface area is 131 Å². The molecule has 1 N–H and O–H groups in total. The minimum absolute atomic E-state index is 0.606. The number of hydrogen-bond donors (Lipinski definition) is 1. The van der Waals surface area contributed by atoms with Gasteiger partial charge in [-0.2, -0.15) is 0 Å². The lowest BCUT2D eigenvalue weighted by Crippen LogP contribution is -2.00. The molecule has 0 aliphatic rings. The number of aliphatic hydroxyl groups is 1. The molecule has 2 rings (SSSR count). The number of aliphatic hydroxyl groups excluding tert-OH is 1. The lowest BCUT2D eigenvalue weighted by molar-refractivity contribution is 0.222. The highest BCUT2D eigenvalue weighted by molar-refractivity contribution is 9.10. The average molecular weight is 357 g/mol. The van der Waals surface area contributed by atoms with Crippen LogP contribution in [-0.4, -0.2) is 19.3 Å². The first-order valence-corrected chi connectivity index (χ1v) is 7.75. The van der Waals surface area contributed by atoms with Gasteiger partial charge in [0.1, 0.15) is 6.10 Å². The Balaban J connectivity index is 2.46. The Kier molecular flexibility index (Phi) is 4.73. The van der Waals surface area contributed by atoms with E-state index in [-0.39, 0.29) is 0 Å². The maximum absolute atomic E-state index is 10.6. The topological polar surface area (TPSA) is 38.7 Å². The molecule has 1 aromatic carbocycles. The number of halogens is 1. The Hall–Kier alpha value is -1.04. The van der Waals surface area contributed by atoms with Crippen molar-refractivity contribution in [3.63, 3.8) is 0 Å². The van der Waals surface area contributed by atoms with Crippen molar-refractivity contribution in [3.8, 4) is 11.5 Å². The number of rotatable bonds is 4. The molecule has 0 spiro atoms. The zero-order chi connectivity index (χ0) is 14.9. The molecule has 0 radical (unpaired) electrons. The highest BCUT2D eigenvalue weighted by Gasteiger charge is 2.19. The predicted molar refractivity (Wildman–Crippen MR) is 85.1 cm³/mol. The molecule has 0 fully saturated rings. The second kappa shape index (κ2) is 6.16. The number of methoxy groups -OCH3 is 2. The molecule has 0 aliphatic carbocycles. The van der Waals surface area contributed by atoms with Crippen molar-refractivity contribution in [2.75, 3.05) is 14.2 Å². The maximum atomic E-state index is 10.6. The van der Waals surface area contributed by atoms with Gasteiger partial charge in [0.15, 0.2) is 11.5 Å². The fourth-order valence-electron chi connectivity index (χ4n) is 1.97. The fraction of sp³-hybridized carbons (Fsp3) is 0.333. The molecule has 1 heterocycles. The zero-order valence-electron chi connectivity index (χ0n) is 11.9. The van der Waals surface area contributed by atoms with Crippen LogP contribution in [0.25, 0.3) is 0 Å². The Morgan fingerprint density at radius 3 is 2.20 bits per heavy atom. The highest BCUT2D eigenvalue weighted by Crippen LogP contribution is 2.39. The van der Waals surface area contributed by atoms with E-state index < -0.39 is 6.10 Å². The molecule has 108 valence electrons. The summed E-state index contributed by atoms with van der Waals surface area (Å²) in [4.78, 5) is 2.14. The molecule has 1 aromatic heterocycles. The third-order valence-corrected chi connectivity index (χ3v) is 5.14. The summed E-state index contributed by atoms with van der Waals surface area (Å²) in [5.41, 5.74) is 1.96. The second-order valence-corrected chi connectivity index (χ2v) is 6.66. The summed E-state index contributed by atoms with van der Waals surface area (Å²) in [5, 5.41) is 10.6. The minimum atomic E-state index is -0.679. The van der Waals surface area contributed by atoms with Crippen LogP contribution < -0.4 is 9.47 Å². The van der Waals surface area contributed by atoms with E-state index in [4.69, 9.17) is 9.47 Å². The van der Waals surface area contributed by atoms with Gasteiger partial charge >= 0.3 is 0 Å². The number of hydrogen-bond acceptors (Lipinski definition) is 4. The number of aryl methyl sites for hydroxylation is 2. The third-order valence-electron chi connectivity index (χ3n) is 3.25. The Morgan fingerprint density at radius 2 is 1.70 bits per heavy atom. The molecule has 3 nitrogen and oxygen atoms in total. The van der Waals surface area contributed by atoms with Crippen LogP contribution in [0.1, 0.15) is 27.0 Å². The SMILES string of the molecule is COc1cc(Br)c(C(O)c2cc(C)c(C)s2)cc1OC. The van der Waals surface area contributed by atoms with Crippen LogP contribution in [0.3, 0.4) is 0 Å². The van der Waals surface area contributed by atoms with Crippen molar-refractivity contribution in [3.05, 3.63) is 43.6 Å². The van der Waals surface area contributed by atoms with Gasteiger partial charge in [0.05, 0.1) is 14.2 Å². The normalized spacial score (nSPS) is 12.3. The van der Waals surface area contributed by atoms with E-state index in [0.29, 0.717) is 11.5 Å². The number of ether oxygens (including phenoxy) is 2. The summed E-state index contributed by atoms with van der Waals surface area (Å²) in [6.45, 7) is 4.10. The summed E-state index contributed by atoms with van der Waals surface area (Å²) in [7, 11) is 3.17. The quantitative estimate of drug-likeness (QED) is 0.890. The average Bonchev–Trinajstić information content (AvgIpc) is 2.77. The van der Waals surface area contributed by atoms with Crippen LogP contribution in [0.15, 0.2) is 22.7 Å². The van der Waals surface area contributed by atoms with Gasteiger partial charge in [0.25, 0.3) is 0 Å². The van der Waals surface area contributed by atoms with Gasteiger partial charge in [-0.25, -0.2) is 0 Å². The first kappa shape index (κ1) is 15.4. The summed E-state index contributed by atoms with van der Waals surface area (Å²) in [6.07, 6.45) is -0.679. The molecule has 5 heteroatoms. The van der Waals surface area contributed by atoms with Crippen LogP contribution in [0.2, 0.25) is 0 Å². The minimum Gasteiger partial charge on any atom is -0.493 e. The number of benzene rings is 1. The molecule has 0 saturated carbocycles. The zero-order valence-corrected chi connectivity index (χ0v) is 14.3. The van der Waals surface area contributed by atoms with E-state index in [9.17, 15) is 5.11 Å². The van der Waals surface area contributed by atoms with Crippen molar-refractivity contribution in [1.82, 2.24) is 0 Å². The highest BCUT2D eigenvalue weighted by atomic mass is 79.9. The smallest absolute Gasteiger partial charge is 0.161 e. The molecule has 0 saturated heterocycles. The lowest BCUT2D eigenvalue weighted by Gasteiger charge is -2.15. The number of thiophene rings is 1. The van der Waals surface area contributed by atoms with E-state index >= 15 is 0 Å². The van der Waals surface area contributed by atoms with Crippen molar-refractivity contribution in [1.29, 1.82) is 0 Å². The van der Waals surface area contributed by atoms with Gasteiger partial charge in [-0.15, -0.1) is 11.3 Å². The van der Waals surface area contributed by atoms with Gasteiger partial charge in [-0.1, -0.05) is 15.9 Å². The largest absolute Gasteiger partial charge is 0.493 e. The van der Waals surface area contributed by atoms with Crippen molar-refractivity contribution < 1.29 is 14.6 Å². The summed E-state index contributed by atoms with van der Waals surface area (Å²) in [5.74, 6) is 1.24. The molecule has 0 bridgehead atoms. The van der Waals surface area contributed by atoms with Gasteiger partial charge in [-0.05, 0) is 37.6 Å². The second-order valence-electron chi connectivity index (χ2n) is 4.52. The fourth-order valence-corrected chi connectivity index (χ4v) is 3.56. The van der Waals surface area contributed by atoms with E-state index in [1.54, 1.807) is 31.6 Å². The standard InChI is InChI=1S/C15H17BrO3S/c1-8-5-14(20-9(8)2)15(17)10-6-12(18-3)13(19-4)7-11(10)16/h5-7,15,17H,1-4H3. The molecular formula is C15H17BrO3S.